The Morgan fingerprint density at radius 1 is 1.21 bits per heavy atom. The fourth-order valence-electron chi connectivity index (χ4n) is 2.53. The Morgan fingerprint density at radius 3 is 2.59 bits per heavy atom. The van der Waals surface area contributed by atoms with E-state index in [4.69, 9.17) is 4.74 Å². The van der Waals surface area contributed by atoms with E-state index >= 15 is 0 Å². The van der Waals surface area contributed by atoms with Crippen LogP contribution in [0.5, 0.6) is 17.2 Å². The van der Waals surface area contributed by atoms with Crippen molar-refractivity contribution in [2.45, 2.75) is 12.9 Å². The van der Waals surface area contributed by atoms with Crippen molar-refractivity contribution < 1.29 is 27.6 Å². The summed E-state index contributed by atoms with van der Waals surface area (Å²) in [6, 6.07) is 7.66. The Morgan fingerprint density at radius 2 is 1.97 bits per heavy atom. The summed E-state index contributed by atoms with van der Waals surface area (Å²) >= 11 is 0. The zero-order valence-corrected chi connectivity index (χ0v) is 14.9. The lowest BCUT2D eigenvalue weighted by atomic mass is 10.2. The number of anilines is 1. The van der Waals surface area contributed by atoms with Gasteiger partial charge >= 0.3 is 6.36 Å². The van der Waals surface area contributed by atoms with Gasteiger partial charge in [-0.25, -0.2) is 9.67 Å². The van der Waals surface area contributed by atoms with Crippen molar-refractivity contribution in [3.63, 3.8) is 0 Å². The molecule has 0 aliphatic heterocycles. The number of rotatable bonds is 7. The number of nitrogens with one attached hydrogen (secondary N) is 1. The molecule has 0 fully saturated rings. The fourth-order valence-corrected chi connectivity index (χ4v) is 2.53. The Labute approximate surface area is 161 Å². The molecule has 0 saturated carbocycles. The molecule has 0 aliphatic rings. The van der Waals surface area contributed by atoms with Gasteiger partial charge < -0.3 is 14.8 Å². The molecule has 0 amide bonds. The van der Waals surface area contributed by atoms with E-state index in [0.29, 0.717) is 5.56 Å². The molecule has 0 atom stereocenters. The molecule has 1 heterocycles. The van der Waals surface area contributed by atoms with Gasteiger partial charge in [0.15, 0.2) is 0 Å². The number of hydrogen-bond donors (Lipinski definition) is 1. The molecule has 0 radical (unpaired) electrons. The number of hydrogen-bond acceptors (Lipinski definition) is 7. The van der Waals surface area contributed by atoms with Gasteiger partial charge in [-0.3, -0.25) is 10.1 Å². The van der Waals surface area contributed by atoms with Crippen LogP contribution in [-0.2, 0) is 6.54 Å². The van der Waals surface area contributed by atoms with Crippen molar-refractivity contribution in [3.8, 4) is 17.2 Å². The summed E-state index contributed by atoms with van der Waals surface area (Å²) in [7, 11) is 1.52. The van der Waals surface area contributed by atoms with Crippen molar-refractivity contribution in [2.75, 3.05) is 12.4 Å². The first-order valence-corrected chi connectivity index (χ1v) is 8.10. The SMILES string of the molecule is CNc1cc(Oc2ccc(OC(F)(F)F)cc2Cn2cncn2)ccc1[N+](=O)[O-]. The van der Waals surface area contributed by atoms with E-state index in [1.54, 1.807) is 0 Å². The van der Waals surface area contributed by atoms with Gasteiger partial charge in [-0.05, 0) is 24.3 Å². The highest BCUT2D eigenvalue weighted by Crippen LogP contribution is 2.34. The summed E-state index contributed by atoms with van der Waals surface area (Å²) in [5.74, 6) is 0.0646. The molecule has 1 aromatic heterocycles. The third-order valence-electron chi connectivity index (χ3n) is 3.73. The molecule has 3 rings (SSSR count). The first-order valence-electron chi connectivity index (χ1n) is 8.10. The molecule has 29 heavy (non-hydrogen) atoms. The second kappa shape index (κ2) is 8.04. The first-order chi connectivity index (χ1) is 13.7. The number of nitrogens with zero attached hydrogens (tertiary/aromatic N) is 4. The standard InChI is InChI=1S/C17H14F3N5O4/c1-21-14-7-12(2-4-15(14)25(26)27)28-16-5-3-13(29-17(18,19)20)6-11(16)8-24-10-22-9-23-24/h2-7,9-10,21H,8H2,1H3. The smallest absolute Gasteiger partial charge is 0.457 e. The molecule has 2 aromatic carbocycles. The van der Waals surface area contributed by atoms with Crippen molar-refractivity contribution >= 4 is 11.4 Å². The summed E-state index contributed by atoms with van der Waals surface area (Å²) < 4.78 is 48.7. The maximum absolute atomic E-state index is 12.5. The molecule has 0 aliphatic carbocycles. The third kappa shape index (κ3) is 5.12. The normalized spacial score (nSPS) is 11.2. The highest BCUT2D eigenvalue weighted by atomic mass is 19.4. The van der Waals surface area contributed by atoms with Crippen LogP contribution in [0.1, 0.15) is 5.56 Å². The van der Waals surface area contributed by atoms with Crippen LogP contribution in [0.25, 0.3) is 0 Å². The number of ether oxygens (including phenoxy) is 2. The van der Waals surface area contributed by atoms with Crippen molar-refractivity contribution in [3.05, 3.63) is 64.7 Å². The molecule has 12 heteroatoms. The minimum absolute atomic E-state index is 0.0657. The van der Waals surface area contributed by atoms with Crippen LogP contribution < -0.4 is 14.8 Å². The highest BCUT2D eigenvalue weighted by Gasteiger charge is 2.31. The summed E-state index contributed by atoms with van der Waals surface area (Å²) in [6.07, 6.45) is -2.16. The van der Waals surface area contributed by atoms with Gasteiger partial charge in [-0.15, -0.1) is 13.2 Å². The zero-order chi connectivity index (χ0) is 21.0. The summed E-state index contributed by atoms with van der Waals surface area (Å²) in [4.78, 5) is 14.3. The minimum Gasteiger partial charge on any atom is -0.457 e. The van der Waals surface area contributed by atoms with E-state index in [1.165, 1.54) is 54.7 Å². The Balaban J connectivity index is 1.94. The topological polar surface area (TPSA) is 104 Å². The molecule has 9 nitrogen and oxygen atoms in total. The zero-order valence-electron chi connectivity index (χ0n) is 14.9. The average Bonchev–Trinajstić information content (AvgIpc) is 3.15. The lowest BCUT2D eigenvalue weighted by Crippen LogP contribution is -2.17. The van der Waals surface area contributed by atoms with Gasteiger partial charge in [0.25, 0.3) is 5.69 Å². The van der Waals surface area contributed by atoms with Gasteiger partial charge in [0, 0.05) is 24.7 Å². The quantitative estimate of drug-likeness (QED) is 0.465. The van der Waals surface area contributed by atoms with Crippen LogP contribution in [-0.4, -0.2) is 33.1 Å². The molecule has 3 aromatic rings. The largest absolute Gasteiger partial charge is 0.573 e. The number of benzene rings is 2. The maximum Gasteiger partial charge on any atom is 0.573 e. The number of halogens is 3. The van der Waals surface area contributed by atoms with E-state index < -0.39 is 17.0 Å². The highest BCUT2D eigenvalue weighted by molar-refractivity contribution is 5.64. The molecule has 0 saturated heterocycles. The lowest BCUT2D eigenvalue weighted by molar-refractivity contribution is -0.384. The van der Waals surface area contributed by atoms with E-state index in [2.05, 4.69) is 20.1 Å². The molecule has 0 unspecified atom stereocenters. The van der Waals surface area contributed by atoms with Crippen molar-refractivity contribution in [1.29, 1.82) is 0 Å². The molecule has 1 N–H and O–H groups in total. The molecular weight excluding hydrogens is 395 g/mol. The number of alkyl halides is 3. The fraction of sp³-hybridized carbons (Fsp3) is 0.176. The van der Waals surface area contributed by atoms with Gasteiger partial charge in [0.2, 0.25) is 0 Å². The number of nitro benzene ring substituents is 1. The molecule has 0 bridgehead atoms. The van der Waals surface area contributed by atoms with E-state index in [0.717, 1.165) is 6.07 Å². The van der Waals surface area contributed by atoms with Crippen LogP contribution in [0.2, 0.25) is 0 Å². The second-order valence-corrected chi connectivity index (χ2v) is 5.70. The van der Waals surface area contributed by atoms with Crippen LogP contribution in [0.4, 0.5) is 24.5 Å². The van der Waals surface area contributed by atoms with Gasteiger partial charge in [-0.1, -0.05) is 0 Å². The van der Waals surface area contributed by atoms with Crippen LogP contribution in [0.15, 0.2) is 49.1 Å². The van der Waals surface area contributed by atoms with E-state index in [-0.39, 0.29) is 29.4 Å². The van der Waals surface area contributed by atoms with E-state index in [9.17, 15) is 23.3 Å². The predicted molar refractivity (Wildman–Crippen MR) is 95.0 cm³/mol. The van der Waals surface area contributed by atoms with Gasteiger partial charge in [-0.2, -0.15) is 5.10 Å². The summed E-state index contributed by atoms with van der Waals surface area (Å²) in [6.45, 7) is 0.0657. The number of aromatic nitrogens is 3. The molecule has 0 spiro atoms. The van der Waals surface area contributed by atoms with Crippen LogP contribution in [0, 0.1) is 10.1 Å². The second-order valence-electron chi connectivity index (χ2n) is 5.70. The van der Waals surface area contributed by atoms with Crippen LogP contribution >= 0.6 is 0 Å². The Kier molecular flexibility index (Phi) is 5.52. The van der Waals surface area contributed by atoms with Crippen LogP contribution in [0.3, 0.4) is 0 Å². The summed E-state index contributed by atoms with van der Waals surface area (Å²) in [5, 5.41) is 17.7. The Hall–Kier alpha value is -3.83. The van der Waals surface area contributed by atoms with E-state index in [1.807, 2.05) is 0 Å². The molecule has 152 valence electrons. The Bertz CT molecular complexity index is 1010. The third-order valence-corrected chi connectivity index (χ3v) is 3.73. The monoisotopic (exact) mass is 409 g/mol. The maximum atomic E-state index is 12.5. The van der Waals surface area contributed by atoms with Gasteiger partial charge in [0.1, 0.15) is 35.6 Å². The van der Waals surface area contributed by atoms with Crippen molar-refractivity contribution in [1.82, 2.24) is 14.8 Å². The number of nitro groups is 1. The minimum atomic E-state index is -4.84. The van der Waals surface area contributed by atoms with Crippen molar-refractivity contribution in [2.24, 2.45) is 0 Å². The predicted octanol–water partition coefficient (Wildman–Crippen LogP) is 3.97. The molecular formula is C17H14F3N5O4. The van der Waals surface area contributed by atoms with Gasteiger partial charge in [0.05, 0.1) is 11.5 Å². The average molecular weight is 409 g/mol. The first kappa shape index (κ1) is 19.9. The summed E-state index contributed by atoms with van der Waals surface area (Å²) in [5.41, 5.74) is 0.417. The lowest BCUT2D eigenvalue weighted by Gasteiger charge is -2.15.